The standard InChI is InChI=1S/C16H20N2O2/c1-12(10-17)11-18(2)15(20)16(8-14(19)9-16)13-6-4-3-5-7-13/h3-7,12,14,19H,8-9,11H2,1-2H3. The fourth-order valence-corrected chi connectivity index (χ4v) is 2.94. The van der Waals surface area contributed by atoms with E-state index in [4.69, 9.17) is 5.26 Å². The monoisotopic (exact) mass is 272 g/mol. The van der Waals surface area contributed by atoms with Gasteiger partial charge in [-0.05, 0) is 25.3 Å². The van der Waals surface area contributed by atoms with Gasteiger partial charge in [-0.25, -0.2) is 0 Å². The number of hydrogen-bond acceptors (Lipinski definition) is 3. The number of nitriles is 1. The minimum Gasteiger partial charge on any atom is -0.393 e. The van der Waals surface area contributed by atoms with Gasteiger partial charge in [0, 0.05) is 13.6 Å². The van der Waals surface area contributed by atoms with Crippen LogP contribution < -0.4 is 0 Å². The Kier molecular flexibility index (Phi) is 4.10. The van der Waals surface area contributed by atoms with Gasteiger partial charge in [-0.3, -0.25) is 4.79 Å². The number of nitrogens with zero attached hydrogens (tertiary/aromatic N) is 2. The lowest BCUT2D eigenvalue weighted by Crippen LogP contribution is -2.56. The van der Waals surface area contributed by atoms with E-state index in [1.165, 1.54) is 0 Å². The summed E-state index contributed by atoms with van der Waals surface area (Å²) in [5.74, 6) is -0.196. The topological polar surface area (TPSA) is 64.3 Å². The quantitative estimate of drug-likeness (QED) is 0.907. The zero-order valence-electron chi connectivity index (χ0n) is 11.9. The first-order valence-electron chi connectivity index (χ1n) is 6.88. The zero-order valence-corrected chi connectivity index (χ0v) is 11.9. The predicted octanol–water partition coefficient (Wildman–Crippen LogP) is 1.70. The fourth-order valence-electron chi connectivity index (χ4n) is 2.94. The first-order chi connectivity index (χ1) is 9.49. The summed E-state index contributed by atoms with van der Waals surface area (Å²) in [5.41, 5.74) is 0.330. The van der Waals surface area contributed by atoms with E-state index in [1.54, 1.807) is 18.9 Å². The smallest absolute Gasteiger partial charge is 0.233 e. The van der Waals surface area contributed by atoms with Crippen LogP contribution in [0.3, 0.4) is 0 Å². The number of amides is 1. The molecule has 1 aromatic rings. The van der Waals surface area contributed by atoms with Crippen LogP contribution in [0.2, 0.25) is 0 Å². The molecule has 4 heteroatoms. The van der Waals surface area contributed by atoms with E-state index < -0.39 is 11.5 Å². The summed E-state index contributed by atoms with van der Waals surface area (Å²) >= 11 is 0. The number of hydrogen-bond donors (Lipinski definition) is 1. The Morgan fingerprint density at radius 1 is 1.50 bits per heavy atom. The van der Waals surface area contributed by atoms with Crippen molar-refractivity contribution < 1.29 is 9.90 Å². The van der Waals surface area contributed by atoms with E-state index in [9.17, 15) is 9.90 Å². The highest BCUT2D eigenvalue weighted by atomic mass is 16.3. The molecule has 1 amide bonds. The largest absolute Gasteiger partial charge is 0.393 e. The number of aliphatic hydroxyl groups is 1. The molecule has 1 aromatic carbocycles. The molecule has 0 aliphatic heterocycles. The van der Waals surface area contributed by atoms with Gasteiger partial charge in [0.25, 0.3) is 0 Å². The lowest BCUT2D eigenvalue weighted by atomic mass is 9.62. The van der Waals surface area contributed by atoms with Crippen LogP contribution in [0.15, 0.2) is 30.3 Å². The third-order valence-corrected chi connectivity index (χ3v) is 4.02. The predicted molar refractivity (Wildman–Crippen MR) is 75.8 cm³/mol. The van der Waals surface area contributed by atoms with Crippen LogP contribution in [0, 0.1) is 17.2 Å². The summed E-state index contributed by atoms with van der Waals surface area (Å²) in [5, 5.41) is 18.6. The SMILES string of the molecule is CC(C#N)CN(C)C(=O)C1(c2ccccc2)CC(O)C1. The number of carbonyl (C=O) groups excluding carboxylic acids is 1. The second kappa shape index (κ2) is 5.64. The van der Waals surface area contributed by atoms with Gasteiger partial charge in [-0.15, -0.1) is 0 Å². The maximum absolute atomic E-state index is 12.8. The van der Waals surface area contributed by atoms with Crippen molar-refractivity contribution in [2.75, 3.05) is 13.6 Å². The molecule has 20 heavy (non-hydrogen) atoms. The Hall–Kier alpha value is -1.86. The van der Waals surface area contributed by atoms with E-state index in [0.717, 1.165) is 5.56 Å². The third kappa shape index (κ3) is 2.54. The van der Waals surface area contributed by atoms with E-state index >= 15 is 0 Å². The highest BCUT2D eigenvalue weighted by Gasteiger charge is 2.51. The van der Waals surface area contributed by atoms with Crippen molar-refractivity contribution in [2.24, 2.45) is 5.92 Å². The zero-order chi connectivity index (χ0) is 14.8. The average Bonchev–Trinajstić information content (AvgIpc) is 2.43. The Balaban J connectivity index is 2.22. The molecule has 1 aliphatic carbocycles. The summed E-state index contributed by atoms with van der Waals surface area (Å²) in [6.07, 6.45) is 0.503. The van der Waals surface area contributed by atoms with Gasteiger partial charge in [0.05, 0.1) is 23.5 Å². The number of likely N-dealkylation sites (N-methyl/N-ethyl adjacent to an activating group) is 1. The molecular formula is C16H20N2O2. The van der Waals surface area contributed by atoms with Crippen LogP contribution in [0.4, 0.5) is 0 Å². The second-order valence-electron chi connectivity index (χ2n) is 5.73. The third-order valence-electron chi connectivity index (χ3n) is 4.02. The summed E-state index contributed by atoms with van der Waals surface area (Å²) in [4.78, 5) is 14.4. The minimum absolute atomic E-state index is 0.00361. The van der Waals surface area contributed by atoms with Crippen molar-refractivity contribution in [1.82, 2.24) is 4.90 Å². The van der Waals surface area contributed by atoms with Gasteiger partial charge < -0.3 is 10.0 Å². The molecule has 0 radical (unpaired) electrons. The van der Waals surface area contributed by atoms with E-state index in [-0.39, 0.29) is 11.8 Å². The summed E-state index contributed by atoms with van der Waals surface area (Å²) in [6, 6.07) is 11.7. The van der Waals surface area contributed by atoms with Gasteiger partial charge in [-0.1, -0.05) is 30.3 Å². The molecule has 106 valence electrons. The molecule has 0 bridgehead atoms. The van der Waals surface area contributed by atoms with Crippen molar-refractivity contribution in [3.8, 4) is 6.07 Å². The summed E-state index contributed by atoms with van der Waals surface area (Å²) < 4.78 is 0. The van der Waals surface area contributed by atoms with Crippen LogP contribution >= 0.6 is 0 Å². The van der Waals surface area contributed by atoms with Crippen LogP contribution in [0.5, 0.6) is 0 Å². The molecule has 1 aliphatic rings. The molecule has 1 N–H and O–H groups in total. The van der Waals surface area contributed by atoms with Gasteiger partial charge in [-0.2, -0.15) is 5.26 Å². The van der Waals surface area contributed by atoms with Gasteiger partial charge in [0.15, 0.2) is 0 Å². The Bertz CT molecular complexity index is 515. The number of aliphatic hydroxyl groups excluding tert-OH is 1. The molecular weight excluding hydrogens is 252 g/mol. The van der Waals surface area contributed by atoms with Crippen LogP contribution in [0.1, 0.15) is 25.3 Å². The molecule has 0 saturated heterocycles. The van der Waals surface area contributed by atoms with Gasteiger partial charge >= 0.3 is 0 Å². The maximum Gasteiger partial charge on any atom is 0.233 e. The molecule has 1 saturated carbocycles. The highest BCUT2D eigenvalue weighted by molar-refractivity contribution is 5.89. The average molecular weight is 272 g/mol. The first-order valence-corrected chi connectivity index (χ1v) is 6.88. The molecule has 1 atom stereocenters. The van der Waals surface area contributed by atoms with E-state index in [0.29, 0.717) is 19.4 Å². The van der Waals surface area contributed by atoms with Crippen molar-refractivity contribution in [3.63, 3.8) is 0 Å². The van der Waals surface area contributed by atoms with Crippen molar-refractivity contribution in [3.05, 3.63) is 35.9 Å². The van der Waals surface area contributed by atoms with Crippen LogP contribution in [-0.2, 0) is 10.2 Å². The molecule has 1 fully saturated rings. The highest BCUT2D eigenvalue weighted by Crippen LogP contribution is 2.45. The summed E-state index contributed by atoms with van der Waals surface area (Å²) in [7, 11) is 1.73. The van der Waals surface area contributed by atoms with Crippen molar-refractivity contribution >= 4 is 5.91 Å². The Labute approximate surface area is 119 Å². The summed E-state index contributed by atoms with van der Waals surface area (Å²) in [6.45, 7) is 2.22. The number of rotatable bonds is 4. The molecule has 0 spiro atoms. The Morgan fingerprint density at radius 3 is 2.60 bits per heavy atom. The van der Waals surface area contributed by atoms with E-state index in [2.05, 4.69) is 6.07 Å². The number of benzene rings is 1. The lowest BCUT2D eigenvalue weighted by molar-refractivity contribution is -0.145. The first kappa shape index (κ1) is 14.5. The number of carbonyl (C=O) groups is 1. The fraction of sp³-hybridized carbons (Fsp3) is 0.500. The van der Waals surface area contributed by atoms with Crippen LogP contribution in [0.25, 0.3) is 0 Å². The molecule has 0 aromatic heterocycles. The molecule has 0 heterocycles. The molecule has 2 rings (SSSR count). The minimum atomic E-state index is -0.620. The molecule has 1 unspecified atom stereocenters. The Morgan fingerprint density at radius 2 is 2.10 bits per heavy atom. The van der Waals surface area contributed by atoms with E-state index in [1.807, 2.05) is 30.3 Å². The normalized spacial score (nSPS) is 26.2. The van der Waals surface area contributed by atoms with Crippen molar-refractivity contribution in [2.45, 2.75) is 31.3 Å². The van der Waals surface area contributed by atoms with Gasteiger partial charge in [0.1, 0.15) is 0 Å². The second-order valence-corrected chi connectivity index (χ2v) is 5.73. The van der Waals surface area contributed by atoms with Gasteiger partial charge in [0.2, 0.25) is 5.91 Å². The van der Waals surface area contributed by atoms with Crippen LogP contribution in [-0.4, -0.2) is 35.6 Å². The van der Waals surface area contributed by atoms with Crippen molar-refractivity contribution in [1.29, 1.82) is 5.26 Å². The molecule has 4 nitrogen and oxygen atoms in total. The lowest BCUT2D eigenvalue weighted by Gasteiger charge is -2.46. The maximum atomic E-state index is 12.8.